The number of aromatic nitrogens is 3. The molecule has 1 saturated heterocycles. The second-order valence-electron chi connectivity index (χ2n) is 6.20. The number of piperidine rings is 1. The Balaban J connectivity index is 1.66. The topological polar surface area (TPSA) is 34.0 Å². The van der Waals surface area contributed by atoms with E-state index in [0.29, 0.717) is 0 Å². The summed E-state index contributed by atoms with van der Waals surface area (Å²) in [6.07, 6.45) is 15.2. The van der Waals surface area contributed by atoms with Crippen molar-refractivity contribution in [2.75, 3.05) is 18.0 Å². The number of allylic oxidation sites excluding steroid dienone is 1. The summed E-state index contributed by atoms with van der Waals surface area (Å²) in [5.74, 6) is 2.65. The first-order valence-corrected chi connectivity index (χ1v) is 8.17. The van der Waals surface area contributed by atoms with Gasteiger partial charge in [-0.3, -0.25) is 0 Å². The van der Waals surface area contributed by atoms with Crippen LogP contribution in [-0.4, -0.2) is 27.9 Å². The zero-order valence-electron chi connectivity index (χ0n) is 12.6. The molecule has 20 heavy (non-hydrogen) atoms. The van der Waals surface area contributed by atoms with Crippen molar-refractivity contribution in [3.8, 4) is 0 Å². The molecule has 0 spiro atoms. The molecule has 1 aliphatic heterocycles. The average molecular weight is 274 g/mol. The van der Waals surface area contributed by atoms with Gasteiger partial charge in [0.1, 0.15) is 0 Å². The van der Waals surface area contributed by atoms with E-state index in [0.717, 1.165) is 30.8 Å². The zero-order valence-corrected chi connectivity index (χ0v) is 12.6. The number of aryl methyl sites for hydroxylation is 1. The second-order valence-corrected chi connectivity index (χ2v) is 6.20. The highest BCUT2D eigenvalue weighted by atomic mass is 15.4. The van der Waals surface area contributed by atoms with E-state index in [1.165, 1.54) is 51.4 Å². The van der Waals surface area contributed by atoms with E-state index < -0.39 is 0 Å². The second kappa shape index (κ2) is 6.42. The van der Waals surface area contributed by atoms with Gasteiger partial charge in [0, 0.05) is 20.1 Å². The fourth-order valence-corrected chi connectivity index (χ4v) is 3.38. The summed E-state index contributed by atoms with van der Waals surface area (Å²) < 4.78 is 1.94. The summed E-state index contributed by atoms with van der Waals surface area (Å²) in [6, 6.07) is 0. The summed E-state index contributed by atoms with van der Waals surface area (Å²) in [7, 11) is 2.01. The van der Waals surface area contributed by atoms with Crippen LogP contribution in [0.15, 0.2) is 6.08 Å². The predicted molar refractivity (Wildman–Crippen MR) is 82.7 cm³/mol. The molecule has 0 unspecified atom stereocenters. The summed E-state index contributed by atoms with van der Waals surface area (Å²) in [4.78, 5) is 7.08. The van der Waals surface area contributed by atoms with Crippen molar-refractivity contribution < 1.29 is 0 Å². The van der Waals surface area contributed by atoms with Crippen molar-refractivity contribution in [1.29, 1.82) is 0 Å². The molecule has 0 bridgehead atoms. The SMILES string of the molecule is Cn1nc(/C=C/C2CCCCC2)nc1N1CCCCC1. The fraction of sp³-hybridized carbons (Fsp3) is 0.750. The molecule has 0 radical (unpaired) electrons. The maximum absolute atomic E-state index is 4.71. The first-order chi connectivity index (χ1) is 9.83. The van der Waals surface area contributed by atoms with E-state index in [4.69, 9.17) is 4.98 Å². The van der Waals surface area contributed by atoms with E-state index in [9.17, 15) is 0 Å². The third-order valence-corrected chi connectivity index (χ3v) is 4.56. The lowest BCUT2D eigenvalue weighted by Crippen LogP contribution is -2.31. The van der Waals surface area contributed by atoms with Crippen LogP contribution in [0.5, 0.6) is 0 Å². The molecule has 2 fully saturated rings. The van der Waals surface area contributed by atoms with Gasteiger partial charge in [-0.1, -0.05) is 25.3 Å². The summed E-state index contributed by atoms with van der Waals surface area (Å²) >= 11 is 0. The summed E-state index contributed by atoms with van der Waals surface area (Å²) in [6.45, 7) is 2.25. The van der Waals surface area contributed by atoms with Crippen LogP contribution in [0.3, 0.4) is 0 Å². The molecule has 1 aliphatic carbocycles. The monoisotopic (exact) mass is 274 g/mol. The van der Waals surface area contributed by atoms with Gasteiger partial charge in [-0.05, 0) is 44.1 Å². The van der Waals surface area contributed by atoms with E-state index >= 15 is 0 Å². The van der Waals surface area contributed by atoms with Crippen molar-refractivity contribution in [1.82, 2.24) is 14.8 Å². The molecule has 0 atom stereocenters. The molecular weight excluding hydrogens is 248 g/mol. The van der Waals surface area contributed by atoms with Gasteiger partial charge in [0.05, 0.1) is 0 Å². The molecule has 2 heterocycles. The number of rotatable bonds is 3. The largest absolute Gasteiger partial charge is 0.341 e. The van der Waals surface area contributed by atoms with Crippen LogP contribution in [0.25, 0.3) is 6.08 Å². The van der Waals surface area contributed by atoms with E-state index in [1.807, 2.05) is 11.7 Å². The van der Waals surface area contributed by atoms with Crippen LogP contribution in [0.1, 0.15) is 57.2 Å². The van der Waals surface area contributed by atoms with E-state index in [-0.39, 0.29) is 0 Å². The number of nitrogens with zero attached hydrogens (tertiary/aromatic N) is 4. The lowest BCUT2D eigenvalue weighted by molar-refractivity contribution is 0.420. The van der Waals surface area contributed by atoms with Crippen LogP contribution >= 0.6 is 0 Å². The first-order valence-electron chi connectivity index (χ1n) is 8.17. The number of hydrogen-bond acceptors (Lipinski definition) is 3. The quantitative estimate of drug-likeness (QED) is 0.847. The third-order valence-electron chi connectivity index (χ3n) is 4.56. The Morgan fingerprint density at radius 2 is 1.70 bits per heavy atom. The molecule has 3 rings (SSSR count). The standard InChI is InChI=1S/C16H26N4/c1-19-16(20-12-6-3-7-13-20)17-15(18-19)11-10-14-8-4-2-5-9-14/h10-11,14H,2-9,12-13H2,1H3/b11-10+. The van der Waals surface area contributed by atoms with Gasteiger partial charge in [0.15, 0.2) is 5.82 Å². The molecule has 1 aromatic rings. The van der Waals surface area contributed by atoms with Crippen LogP contribution in [0.2, 0.25) is 0 Å². The Bertz CT molecular complexity index is 451. The van der Waals surface area contributed by atoms with Crippen molar-refractivity contribution >= 4 is 12.0 Å². The van der Waals surface area contributed by atoms with E-state index in [2.05, 4.69) is 22.2 Å². The summed E-state index contributed by atoms with van der Waals surface area (Å²) in [5, 5.41) is 4.55. The maximum Gasteiger partial charge on any atom is 0.224 e. The maximum atomic E-state index is 4.71. The Labute approximate surface area is 121 Å². The minimum atomic E-state index is 0.742. The highest BCUT2D eigenvalue weighted by Crippen LogP contribution is 2.25. The van der Waals surface area contributed by atoms with Gasteiger partial charge in [0.2, 0.25) is 5.95 Å². The zero-order chi connectivity index (χ0) is 13.8. The first kappa shape index (κ1) is 13.7. The normalized spacial score (nSPS) is 21.8. The van der Waals surface area contributed by atoms with Crippen molar-refractivity contribution in [3.05, 3.63) is 11.9 Å². The Morgan fingerprint density at radius 3 is 2.45 bits per heavy atom. The van der Waals surface area contributed by atoms with Crippen molar-refractivity contribution in [2.45, 2.75) is 51.4 Å². The van der Waals surface area contributed by atoms with Gasteiger partial charge < -0.3 is 4.90 Å². The molecule has 4 nitrogen and oxygen atoms in total. The molecule has 0 N–H and O–H groups in total. The molecule has 110 valence electrons. The highest BCUT2D eigenvalue weighted by Gasteiger charge is 2.17. The van der Waals surface area contributed by atoms with E-state index in [1.54, 1.807) is 0 Å². The van der Waals surface area contributed by atoms with Gasteiger partial charge in [-0.25, -0.2) is 4.68 Å². The van der Waals surface area contributed by atoms with Crippen LogP contribution in [-0.2, 0) is 7.05 Å². The smallest absolute Gasteiger partial charge is 0.224 e. The predicted octanol–water partition coefficient (Wildman–Crippen LogP) is 3.40. The minimum Gasteiger partial charge on any atom is -0.341 e. The van der Waals surface area contributed by atoms with Crippen molar-refractivity contribution in [2.24, 2.45) is 13.0 Å². The Kier molecular flexibility index (Phi) is 4.38. The summed E-state index contributed by atoms with van der Waals surface area (Å²) in [5.41, 5.74) is 0. The lowest BCUT2D eigenvalue weighted by Gasteiger charge is -2.26. The Morgan fingerprint density at radius 1 is 1.00 bits per heavy atom. The minimum absolute atomic E-state index is 0.742. The molecular formula is C16H26N4. The molecule has 4 heteroatoms. The van der Waals surface area contributed by atoms with Crippen molar-refractivity contribution in [3.63, 3.8) is 0 Å². The molecule has 1 aromatic heterocycles. The number of anilines is 1. The Hall–Kier alpha value is -1.32. The molecule has 1 saturated carbocycles. The highest BCUT2D eigenvalue weighted by molar-refractivity contribution is 5.44. The lowest BCUT2D eigenvalue weighted by atomic mass is 9.89. The fourth-order valence-electron chi connectivity index (χ4n) is 3.38. The molecule has 0 aromatic carbocycles. The molecule has 0 amide bonds. The van der Waals surface area contributed by atoms with Gasteiger partial charge in [-0.15, -0.1) is 0 Å². The van der Waals surface area contributed by atoms with Gasteiger partial charge in [0.25, 0.3) is 0 Å². The third kappa shape index (κ3) is 3.22. The van der Waals surface area contributed by atoms with Crippen LogP contribution in [0, 0.1) is 5.92 Å². The van der Waals surface area contributed by atoms with Crippen LogP contribution in [0.4, 0.5) is 5.95 Å². The molecule has 2 aliphatic rings. The van der Waals surface area contributed by atoms with Crippen LogP contribution < -0.4 is 4.90 Å². The average Bonchev–Trinajstić information content (AvgIpc) is 2.88. The van der Waals surface area contributed by atoms with Gasteiger partial charge in [-0.2, -0.15) is 10.1 Å². The van der Waals surface area contributed by atoms with Gasteiger partial charge >= 0.3 is 0 Å². The number of hydrogen-bond donors (Lipinski definition) is 0.